The van der Waals surface area contributed by atoms with Gasteiger partial charge in [-0.25, -0.2) is 0 Å². The molecule has 0 radical (unpaired) electrons. The second-order valence-electron chi connectivity index (χ2n) is 4.15. The molecular weight excluding hydrogens is 256 g/mol. The summed E-state index contributed by atoms with van der Waals surface area (Å²) in [7, 11) is 3.03. The highest BCUT2D eigenvalue weighted by atomic mass is 16.5. The Bertz CT molecular complexity index is 589. The number of hydrogen-bond acceptors (Lipinski definition) is 4. The fourth-order valence-electron chi connectivity index (χ4n) is 2.01. The van der Waals surface area contributed by atoms with E-state index in [-0.39, 0.29) is 0 Å². The van der Waals surface area contributed by atoms with Gasteiger partial charge in [0.2, 0.25) is 0 Å². The first-order valence-corrected chi connectivity index (χ1v) is 6.00. The standard InChI is InChI=1S/C16H14O4/c1-19-15-5-3-11(7-13(15)9-17)12-4-6-16(20-2)14(8-12)10-18/h3-10H,1-2H3. The van der Waals surface area contributed by atoms with Crippen LogP contribution >= 0.6 is 0 Å². The molecule has 0 N–H and O–H groups in total. The number of hydrogen-bond donors (Lipinski definition) is 0. The van der Waals surface area contributed by atoms with E-state index in [0.29, 0.717) is 22.6 Å². The molecule has 0 unspecified atom stereocenters. The molecule has 0 aromatic heterocycles. The second kappa shape index (κ2) is 6.02. The molecule has 0 amide bonds. The van der Waals surface area contributed by atoms with Crippen molar-refractivity contribution in [1.29, 1.82) is 0 Å². The lowest BCUT2D eigenvalue weighted by molar-refractivity contribution is 0.111. The Kier molecular flexibility index (Phi) is 4.15. The number of rotatable bonds is 5. The molecule has 2 aromatic carbocycles. The van der Waals surface area contributed by atoms with Crippen LogP contribution in [0, 0.1) is 0 Å². The van der Waals surface area contributed by atoms with Gasteiger partial charge in [-0.05, 0) is 35.4 Å². The second-order valence-corrected chi connectivity index (χ2v) is 4.15. The number of carbonyl (C=O) groups excluding carboxylic acids is 2. The molecule has 0 atom stereocenters. The van der Waals surface area contributed by atoms with E-state index < -0.39 is 0 Å². The van der Waals surface area contributed by atoms with Gasteiger partial charge < -0.3 is 9.47 Å². The van der Waals surface area contributed by atoms with Gasteiger partial charge in [-0.15, -0.1) is 0 Å². The number of methoxy groups -OCH3 is 2. The zero-order valence-electron chi connectivity index (χ0n) is 11.3. The topological polar surface area (TPSA) is 52.6 Å². The van der Waals surface area contributed by atoms with Crippen molar-refractivity contribution in [3.63, 3.8) is 0 Å². The van der Waals surface area contributed by atoms with Crippen LogP contribution < -0.4 is 9.47 Å². The summed E-state index contributed by atoms with van der Waals surface area (Å²) in [6, 6.07) is 10.6. The minimum atomic E-state index is 0.466. The maximum atomic E-state index is 11.0. The van der Waals surface area contributed by atoms with Gasteiger partial charge in [0.05, 0.1) is 25.3 Å². The maximum absolute atomic E-state index is 11.0. The van der Waals surface area contributed by atoms with Crippen molar-refractivity contribution in [2.24, 2.45) is 0 Å². The number of ether oxygens (including phenoxy) is 2. The summed E-state index contributed by atoms with van der Waals surface area (Å²) in [5.41, 5.74) is 2.60. The Hall–Kier alpha value is -2.62. The van der Waals surface area contributed by atoms with Crippen molar-refractivity contribution in [2.75, 3.05) is 14.2 Å². The molecule has 0 fully saturated rings. The molecule has 0 heterocycles. The first kappa shape index (κ1) is 13.8. The van der Waals surface area contributed by atoms with Crippen LogP contribution in [0.5, 0.6) is 11.5 Å². The number of benzene rings is 2. The SMILES string of the molecule is COc1ccc(-c2ccc(OC)c(C=O)c2)cc1C=O. The first-order valence-electron chi connectivity index (χ1n) is 6.00. The van der Waals surface area contributed by atoms with Crippen LogP contribution in [-0.2, 0) is 0 Å². The molecule has 0 saturated heterocycles. The van der Waals surface area contributed by atoms with Crippen LogP contribution in [0.2, 0.25) is 0 Å². The van der Waals surface area contributed by atoms with Crippen LogP contribution in [0.3, 0.4) is 0 Å². The zero-order valence-corrected chi connectivity index (χ0v) is 11.3. The quantitative estimate of drug-likeness (QED) is 0.784. The van der Waals surface area contributed by atoms with E-state index in [1.165, 1.54) is 14.2 Å². The summed E-state index contributed by atoms with van der Waals surface area (Å²) in [4.78, 5) is 22.1. The largest absolute Gasteiger partial charge is 0.496 e. The highest BCUT2D eigenvalue weighted by Crippen LogP contribution is 2.28. The molecule has 102 valence electrons. The van der Waals surface area contributed by atoms with E-state index in [0.717, 1.165) is 23.7 Å². The summed E-state index contributed by atoms with van der Waals surface area (Å²) in [5, 5.41) is 0. The number of carbonyl (C=O) groups is 2. The van der Waals surface area contributed by atoms with Crippen molar-refractivity contribution in [3.05, 3.63) is 47.5 Å². The summed E-state index contributed by atoms with van der Waals surface area (Å²) < 4.78 is 10.2. The summed E-state index contributed by atoms with van der Waals surface area (Å²) in [6.07, 6.45) is 1.49. The van der Waals surface area contributed by atoms with Gasteiger partial charge in [-0.3, -0.25) is 9.59 Å². The van der Waals surface area contributed by atoms with Gasteiger partial charge in [0.15, 0.2) is 12.6 Å². The van der Waals surface area contributed by atoms with Crippen LogP contribution in [0.1, 0.15) is 20.7 Å². The van der Waals surface area contributed by atoms with Crippen LogP contribution in [0.4, 0.5) is 0 Å². The lowest BCUT2D eigenvalue weighted by Crippen LogP contribution is -1.93. The van der Waals surface area contributed by atoms with Gasteiger partial charge in [0, 0.05) is 0 Å². The fourth-order valence-corrected chi connectivity index (χ4v) is 2.01. The van der Waals surface area contributed by atoms with Crippen LogP contribution in [0.25, 0.3) is 11.1 Å². The van der Waals surface area contributed by atoms with Crippen molar-refractivity contribution in [3.8, 4) is 22.6 Å². The van der Waals surface area contributed by atoms with Crippen molar-refractivity contribution in [1.82, 2.24) is 0 Å². The Labute approximate surface area is 116 Å². The third-order valence-electron chi connectivity index (χ3n) is 3.05. The van der Waals surface area contributed by atoms with Crippen molar-refractivity contribution < 1.29 is 19.1 Å². The minimum Gasteiger partial charge on any atom is -0.496 e. The van der Waals surface area contributed by atoms with Crippen molar-refractivity contribution >= 4 is 12.6 Å². The van der Waals surface area contributed by atoms with E-state index >= 15 is 0 Å². The molecular formula is C16H14O4. The molecule has 0 aliphatic heterocycles. The van der Waals surface area contributed by atoms with Crippen LogP contribution in [-0.4, -0.2) is 26.8 Å². The first-order chi connectivity index (χ1) is 9.73. The minimum absolute atomic E-state index is 0.466. The summed E-state index contributed by atoms with van der Waals surface area (Å²) in [5.74, 6) is 1.04. The average molecular weight is 270 g/mol. The Morgan fingerprint density at radius 2 is 1.15 bits per heavy atom. The van der Waals surface area contributed by atoms with Gasteiger partial charge in [-0.2, -0.15) is 0 Å². The molecule has 0 aliphatic carbocycles. The third kappa shape index (κ3) is 2.54. The monoisotopic (exact) mass is 270 g/mol. The molecule has 4 heteroatoms. The Balaban J connectivity index is 2.51. The summed E-state index contributed by atoms with van der Waals surface area (Å²) >= 11 is 0. The van der Waals surface area contributed by atoms with Gasteiger partial charge in [0.25, 0.3) is 0 Å². The predicted molar refractivity (Wildman–Crippen MR) is 75.8 cm³/mol. The zero-order chi connectivity index (χ0) is 14.5. The van der Waals surface area contributed by atoms with Gasteiger partial charge in [0.1, 0.15) is 11.5 Å². The fraction of sp³-hybridized carbons (Fsp3) is 0.125. The summed E-state index contributed by atoms with van der Waals surface area (Å²) in [6.45, 7) is 0. The smallest absolute Gasteiger partial charge is 0.153 e. The third-order valence-corrected chi connectivity index (χ3v) is 3.05. The van der Waals surface area contributed by atoms with E-state index in [1.807, 2.05) is 12.1 Å². The van der Waals surface area contributed by atoms with Crippen LogP contribution in [0.15, 0.2) is 36.4 Å². The molecule has 0 spiro atoms. The Morgan fingerprint density at radius 1 is 0.750 bits per heavy atom. The molecule has 20 heavy (non-hydrogen) atoms. The highest BCUT2D eigenvalue weighted by Gasteiger charge is 2.08. The van der Waals surface area contributed by atoms with E-state index in [2.05, 4.69) is 0 Å². The molecule has 0 saturated carbocycles. The average Bonchev–Trinajstić information content (AvgIpc) is 2.53. The number of aldehydes is 2. The van der Waals surface area contributed by atoms with Gasteiger partial charge >= 0.3 is 0 Å². The molecule has 0 aliphatic rings. The van der Waals surface area contributed by atoms with Gasteiger partial charge in [-0.1, -0.05) is 12.1 Å². The normalized spacial score (nSPS) is 9.90. The Morgan fingerprint density at radius 3 is 1.45 bits per heavy atom. The lowest BCUT2D eigenvalue weighted by Gasteiger charge is -2.09. The van der Waals surface area contributed by atoms with Crippen molar-refractivity contribution in [2.45, 2.75) is 0 Å². The lowest BCUT2D eigenvalue weighted by atomic mass is 10.0. The maximum Gasteiger partial charge on any atom is 0.153 e. The molecule has 2 aromatic rings. The molecule has 4 nitrogen and oxygen atoms in total. The molecule has 2 rings (SSSR count). The predicted octanol–water partition coefficient (Wildman–Crippen LogP) is 3.00. The molecule has 0 bridgehead atoms. The van der Waals surface area contributed by atoms with E-state index in [1.54, 1.807) is 24.3 Å². The van der Waals surface area contributed by atoms with E-state index in [4.69, 9.17) is 9.47 Å². The van der Waals surface area contributed by atoms with E-state index in [9.17, 15) is 9.59 Å². The highest BCUT2D eigenvalue weighted by molar-refractivity contribution is 5.86.